The number of nitrogens with zero attached hydrogens (tertiary/aromatic N) is 3. The Morgan fingerprint density at radius 3 is 2.90 bits per heavy atom. The zero-order chi connectivity index (χ0) is 15.1. The van der Waals surface area contributed by atoms with Crippen LogP contribution >= 0.6 is 0 Å². The molecule has 2 aliphatic rings. The van der Waals surface area contributed by atoms with Crippen LogP contribution < -0.4 is 0 Å². The van der Waals surface area contributed by atoms with Crippen LogP contribution in [-0.2, 0) is 9.53 Å². The average molecular weight is 291 g/mol. The second-order valence-corrected chi connectivity index (χ2v) is 6.04. The van der Waals surface area contributed by atoms with Gasteiger partial charge in [0.05, 0.1) is 6.61 Å². The maximum absolute atomic E-state index is 12.4. The number of amides is 1. The van der Waals surface area contributed by atoms with Gasteiger partial charge in [0.25, 0.3) is 0 Å². The maximum atomic E-state index is 12.4. The minimum atomic E-state index is -0.347. The van der Waals surface area contributed by atoms with Crippen molar-refractivity contribution in [1.29, 1.82) is 0 Å². The fraction of sp³-hybridized carbons (Fsp3) is 0.812. The summed E-state index contributed by atoms with van der Waals surface area (Å²) in [5.41, 5.74) is -0.347. The van der Waals surface area contributed by atoms with Gasteiger partial charge >= 0.3 is 0 Å². The first-order chi connectivity index (χ1) is 10.2. The van der Waals surface area contributed by atoms with E-state index in [1.165, 1.54) is 6.42 Å². The molecule has 0 radical (unpaired) electrons. The molecule has 2 aliphatic heterocycles. The van der Waals surface area contributed by atoms with E-state index in [0.29, 0.717) is 25.2 Å². The molecule has 0 spiro atoms. The van der Waals surface area contributed by atoms with E-state index in [9.17, 15) is 4.79 Å². The number of carbonyl (C=O) groups is 1. The minimum Gasteiger partial charge on any atom is -0.384 e. The minimum absolute atomic E-state index is 0.218. The Kier molecular flexibility index (Phi) is 5.75. The van der Waals surface area contributed by atoms with Crippen molar-refractivity contribution in [1.82, 2.24) is 4.90 Å². The van der Waals surface area contributed by atoms with Gasteiger partial charge in [0.1, 0.15) is 0 Å². The summed E-state index contributed by atoms with van der Waals surface area (Å²) in [7, 11) is 1.72. The fourth-order valence-corrected chi connectivity index (χ4v) is 2.96. The number of hydrogen-bond acceptors (Lipinski definition) is 4. The van der Waals surface area contributed by atoms with Crippen molar-refractivity contribution >= 4 is 5.91 Å². The van der Waals surface area contributed by atoms with E-state index in [2.05, 4.69) is 16.1 Å². The molecular weight excluding hydrogens is 266 g/mol. The monoisotopic (exact) mass is 291 g/mol. The predicted octanol–water partition coefficient (Wildman–Crippen LogP) is 2.62. The van der Waals surface area contributed by atoms with Gasteiger partial charge in [0, 0.05) is 45.9 Å². The number of methoxy groups -OCH3 is 1. The number of terminal acetylenes is 1. The molecule has 1 unspecified atom stereocenters. The first kappa shape index (κ1) is 16.0. The second kappa shape index (κ2) is 7.56. The molecule has 0 aromatic rings. The van der Waals surface area contributed by atoms with Crippen LogP contribution in [0.4, 0.5) is 0 Å². The average Bonchev–Trinajstić information content (AvgIpc) is 3.28. The summed E-state index contributed by atoms with van der Waals surface area (Å²) in [5.74, 6) is 3.30. The molecule has 2 heterocycles. The fourth-order valence-electron chi connectivity index (χ4n) is 2.96. The van der Waals surface area contributed by atoms with Crippen molar-refractivity contribution in [2.45, 2.75) is 50.6 Å². The van der Waals surface area contributed by atoms with Gasteiger partial charge < -0.3 is 9.64 Å². The second-order valence-electron chi connectivity index (χ2n) is 6.04. The number of carbonyl (C=O) groups excluding carboxylic acids is 1. The highest BCUT2D eigenvalue weighted by Gasteiger charge is 2.39. The van der Waals surface area contributed by atoms with Gasteiger partial charge in [-0.3, -0.25) is 4.79 Å². The van der Waals surface area contributed by atoms with Crippen LogP contribution in [0.25, 0.3) is 0 Å². The van der Waals surface area contributed by atoms with Crippen LogP contribution in [0.5, 0.6) is 0 Å². The Bertz CT molecular complexity index is 422. The van der Waals surface area contributed by atoms with E-state index in [4.69, 9.17) is 11.2 Å². The normalized spacial score (nSPS) is 23.4. The third-order valence-corrected chi connectivity index (χ3v) is 4.32. The maximum Gasteiger partial charge on any atom is 0.222 e. The van der Waals surface area contributed by atoms with Crippen molar-refractivity contribution in [3.05, 3.63) is 0 Å². The summed E-state index contributed by atoms with van der Waals surface area (Å²) >= 11 is 0. The summed E-state index contributed by atoms with van der Waals surface area (Å²) < 4.78 is 5.25. The van der Waals surface area contributed by atoms with Crippen molar-refractivity contribution in [3.8, 4) is 12.3 Å². The Morgan fingerprint density at radius 2 is 2.24 bits per heavy atom. The van der Waals surface area contributed by atoms with Crippen molar-refractivity contribution in [2.75, 3.05) is 26.8 Å². The van der Waals surface area contributed by atoms with Gasteiger partial charge in [-0.2, -0.15) is 10.2 Å². The lowest BCUT2D eigenvalue weighted by Gasteiger charge is -2.24. The molecule has 116 valence electrons. The number of likely N-dealkylation sites (tertiary alicyclic amines) is 1. The molecular formula is C16H25N3O2. The SMILES string of the molecule is C#CCCC1(CCC(=O)N2CCCCC(COC)C2)N=N1. The highest BCUT2D eigenvalue weighted by Crippen LogP contribution is 2.37. The molecule has 0 aromatic carbocycles. The molecule has 5 nitrogen and oxygen atoms in total. The zero-order valence-corrected chi connectivity index (χ0v) is 12.9. The lowest BCUT2D eigenvalue weighted by Crippen LogP contribution is -2.36. The predicted molar refractivity (Wildman–Crippen MR) is 80.7 cm³/mol. The van der Waals surface area contributed by atoms with Crippen molar-refractivity contribution < 1.29 is 9.53 Å². The molecule has 21 heavy (non-hydrogen) atoms. The van der Waals surface area contributed by atoms with Gasteiger partial charge in [0.2, 0.25) is 5.91 Å². The zero-order valence-electron chi connectivity index (χ0n) is 12.9. The van der Waals surface area contributed by atoms with Crippen LogP contribution in [0.2, 0.25) is 0 Å². The molecule has 1 amide bonds. The number of rotatable bonds is 7. The summed E-state index contributed by atoms with van der Waals surface area (Å²) in [4.78, 5) is 14.4. The van der Waals surface area contributed by atoms with Gasteiger partial charge in [-0.1, -0.05) is 6.42 Å². The van der Waals surface area contributed by atoms with Crippen LogP contribution in [0.1, 0.15) is 44.9 Å². The topological polar surface area (TPSA) is 54.3 Å². The van der Waals surface area contributed by atoms with Crippen LogP contribution in [0, 0.1) is 18.3 Å². The molecule has 1 fully saturated rings. The van der Waals surface area contributed by atoms with Gasteiger partial charge in [-0.05, 0) is 18.8 Å². The van der Waals surface area contributed by atoms with E-state index in [-0.39, 0.29) is 11.6 Å². The molecule has 0 bridgehead atoms. The van der Waals surface area contributed by atoms with E-state index < -0.39 is 0 Å². The third kappa shape index (κ3) is 4.82. The number of ether oxygens (including phenoxy) is 1. The van der Waals surface area contributed by atoms with Crippen LogP contribution in [-0.4, -0.2) is 43.3 Å². The molecule has 0 aliphatic carbocycles. The third-order valence-electron chi connectivity index (χ3n) is 4.32. The van der Waals surface area contributed by atoms with Gasteiger partial charge in [0.15, 0.2) is 5.66 Å². The molecule has 0 saturated carbocycles. The van der Waals surface area contributed by atoms with Crippen molar-refractivity contribution in [2.24, 2.45) is 16.1 Å². The molecule has 0 aromatic heterocycles. The molecule has 0 N–H and O–H groups in total. The molecule has 2 rings (SSSR count). The first-order valence-electron chi connectivity index (χ1n) is 7.83. The lowest BCUT2D eigenvalue weighted by atomic mass is 10.0. The Hall–Kier alpha value is -1.41. The lowest BCUT2D eigenvalue weighted by molar-refractivity contribution is -0.132. The standard InChI is InChI=1S/C16H25N3O2/c1-3-4-9-16(17-18-16)10-8-15(20)19-11-6-5-7-14(12-19)13-21-2/h1,14H,4-13H2,2H3. The van der Waals surface area contributed by atoms with E-state index in [0.717, 1.165) is 39.0 Å². The van der Waals surface area contributed by atoms with E-state index in [1.807, 2.05) is 4.90 Å². The van der Waals surface area contributed by atoms with Crippen molar-refractivity contribution in [3.63, 3.8) is 0 Å². The summed E-state index contributed by atoms with van der Waals surface area (Å²) in [6.45, 7) is 2.42. The molecule has 1 atom stereocenters. The molecule has 5 heteroatoms. The van der Waals surface area contributed by atoms with E-state index >= 15 is 0 Å². The van der Waals surface area contributed by atoms with E-state index in [1.54, 1.807) is 7.11 Å². The smallest absolute Gasteiger partial charge is 0.222 e. The Balaban J connectivity index is 1.78. The summed E-state index contributed by atoms with van der Waals surface area (Å²) in [5, 5.41) is 8.18. The first-order valence-corrected chi connectivity index (χ1v) is 7.83. The summed E-state index contributed by atoms with van der Waals surface area (Å²) in [6.07, 6.45) is 11.3. The van der Waals surface area contributed by atoms with Crippen LogP contribution in [0.15, 0.2) is 10.2 Å². The molecule has 1 saturated heterocycles. The summed E-state index contributed by atoms with van der Waals surface area (Å²) in [6, 6.07) is 0. The van der Waals surface area contributed by atoms with Crippen LogP contribution in [0.3, 0.4) is 0 Å². The highest BCUT2D eigenvalue weighted by atomic mass is 16.5. The number of hydrogen-bond donors (Lipinski definition) is 0. The largest absolute Gasteiger partial charge is 0.384 e. The van der Waals surface area contributed by atoms with Gasteiger partial charge in [-0.15, -0.1) is 12.3 Å². The Labute approximate surface area is 127 Å². The Morgan fingerprint density at radius 1 is 1.43 bits per heavy atom. The quantitative estimate of drug-likeness (QED) is 0.677. The van der Waals surface area contributed by atoms with Gasteiger partial charge in [-0.25, -0.2) is 0 Å². The highest BCUT2D eigenvalue weighted by molar-refractivity contribution is 5.76.